The maximum absolute atomic E-state index is 11.8. The van der Waals surface area contributed by atoms with Crippen LogP contribution in [0, 0.1) is 0 Å². The molecule has 3 heteroatoms. The van der Waals surface area contributed by atoms with Crippen LogP contribution in [0.25, 0.3) is 6.08 Å². The lowest BCUT2D eigenvalue weighted by molar-refractivity contribution is -0.114. The van der Waals surface area contributed by atoms with Crippen molar-refractivity contribution in [3.05, 3.63) is 66.0 Å². The predicted molar refractivity (Wildman–Crippen MR) is 67.0 cm³/mol. The summed E-state index contributed by atoms with van der Waals surface area (Å²) in [5.41, 5.74) is 1.59. The van der Waals surface area contributed by atoms with Crippen LogP contribution in [0.2, 0.25) is 0 Å². The lowest BCUT2D eigenvalue weighted by Crippen LogP contribution is -2.20. The minimum atomic E-state index is -0.194. The van der Waals surface area contributed by atoms with Crippen molar-refractivity contribution in [2.24, 2.45) is 4.99 Å². The molecule has 2 heterocycles. The normalized spacial score (nSPS) is 19.8. The molecule has 0 saturated heterocycles. The molecule has 0 bridgehead atoms. The fourth-order valence-electron chi connectivity index (χ4n) is 1.83. The highest BCUT2D eigenvalue weighted by molar-refractivity contribution is 6.17. The molecule has 0 N–H and O–H groups in total. The van der Waals surface area contributed by atoms with Crippen LogP contribution in [-0.2, 0) is 4.79 Å². The highest BCUT2D eigenvalue weighted by Gasteiger charge is 2.27. The Labute approximate surface area is 99.1 Å². The van der Waals surface area contributed by atoms with E-state index in [2.05, 4.69) is 4.99 Å². The van der Waals surface area contributed by atoms with Crippen LogP contribution in [0.4, 0.5) is 0 Å². The highest BCUT2D eigenvalue weighted by atomic mass is 16.2. The van der Waals surface area contributed by atoms with Crippen LogP contribution in [0.15, 0.2) is 65.4 Å². The summed E-state index contributed by atoms with van der Waals surface area (Å²) in [4.78, 5) is 17.6. The number of fused-ring (bicyclic) bond motifs is 1. The molecule has 2 aliphatic rings. The number of aliphatic imine (C=N–C) groups is 1. The van der Waals surface area contributed by atoms with Gasteiger partial charge in [-0.25, -0.2) is 0 Å². The largest absolute Gasteiger partial charge is 0.297 e. The molecule has 17 heavy (non-hydrogen) atoms. The summed E-state index contributed by atoms with van der Waals surface area (Å²) in [7, 11) is 0. The van der Waals surface area contributed by atoms with E-state index >= 15 is 0 Å². The Kier molecular flexibility index (Phi) is 2.22. The third-order valence-corrected chi connectivity index (χ3v) is 2.64. The van der Waals surface area contributed by atoms with Crippen molar-refractivity contribution < 1.29 is 4.79 Å². The molecule has 0 aliphatic carbocycles. The molecule has 0 radical (unpaired) electrons. The molecule has 3 nitrogen and oxygen atoms in total. The molecular weight excluding hydrogens is 212 g/mol. The van der Waals surface area contributed by atoms with E-state index in [4.69, 9.17) is 0 Å². The average molecular weight is 222 g/mol. The van der Waals surface area contributed by atoms with Gasteiger partial charge in [0.05, 0.1) is 0 Å². The number of carbonyl (C=O) groups excluding carboxylic acids is 1. The van der Waals surface area contributed by atoms with Gasteiger partial charge in [0.1, 0.15) is 11.5 Å². The number of allylic oxidation sites excluding steroid dienone is 2. The first kappa shape index (κ1) is 9.78. The number of hydrogen-bond donors (Lipinski definition) is 0. The van der Waals surface area contributed by atoms with Gasteiger partial charge in [-0.2, -0.15) is 4.99 Å². The maximum atomic E-state index is 11.8. The van der Waals surface area contributed by atoms with Crippen LogP contribution < -0.4 is 0 Å². The van der Waals surface area contributed by atoms with Gasteiger partial charge in [-0.15, -0.1) is 0 Å². The molecule has 1 aromatic rings. The first-order chi connectivity index (χ1) is 8.34. The van der Waals surface area contributed by atoms with E-state index in [1.807, 2.05) is 60.8 Å². The molecule has 1 aromatic carbocycles. The van der Waals surface area contributed by atoms with Gasteiger partial charge in [0.15, 0.2) is 0 Å². The number of carbonyl (C=O) groups is 1. The Morgan fingerprint density at radius 1 is 1.12 bits per heavy atom. The third-order valence-electron chi connectivity index (χ3n) is 2.64. The van der Waals surface area contributed by atoms with E-state index in [-0.39, 0.29) is 5.91 Å². The topological polar surface area (TPSA) is 32.7 Å². The fraction of sp³-hybridized carbons (Fsp3) is 0. The van der Waals surface area contributed by atoms with Gasteiger partial charge in [0.2, 0.25) is 0 Å². The van der Waals surface area contributed by atoms with E-state index < -0.39 is 0 Å². The predicted octanol–water partition coefficient (Wildman–Crippen LogP) is 2.35. The van der Waals surface area contributed by atoms with E-state index in [1.165, 1.54) is 0 Å². The zero-order valence-electron chi connectivity index (χ0n) is 9.08. The van der Waals surface area contributed by atoms with Crippen molar-refractivity contribution in [2.45, 2.75) is 0 Å². The minimum Gasteiger partial charge on any atom is -0.297 e. The number of nitrogens with zero attached hydrogens (tertiary/aromatic N) is 2. The summed E-state index contributed by atoms with van der Waals surface area (Å²) >= 11 is 0. The molecule has 0 aromatic heterocycles. The fourth-order valence-corrected chi connectivity index (χ4v) is 1.83. The van der Waals surface area contributed by atoms with Crippen molar-refractivity contribution in [2.75, 3.05) is 0 Å². The van der Waals surface area contributed by atoms with Crippen molar-refractivity contribution >= 4 is 17.8 Å². The number of rotatable bonds is 1. The van der Waals surface area contributed by atoms with Gasteiger partial charge < -0.3 is 0 Å². The van der Waals surface area contributed by atoms with Crippen molar-refractivity contribution in [1.82, 2.24) is 4.90 Å². The standard InChI is InChI=1S/C14H10N2O/c17-14-12(10-11-6-2-1-3-7-11)16-9-5-4-8-13(16)15-14/h1-10H/b12-10+. The van der Waals surface area contributed by atoms with Gasteiger partial charge in [0.25, 0.3) is 5.91 Å². The molecule has 82 valence electrons. The lowest BCUT2D eigenvalue weighted by atomic mass is 10.2. The smallest absolute Gasteiger partial charge is 0.295 e. The minimum absolute atomic E-state index is 0.194. The van der Waals surface area contributed by atoms with Crippen molar-refractivity contribution in [3.8, 4) is 0 Å². The maximum Gasteiger partial charge on any atom is 0.295 e. The summed E-state index contributed by atoms with van der Waals surface area (Å²) in [5.74, 6) is 0.486. The number of hydrogen-bond acceptors (Lipinski definition) is 2. The number of amides is 1. The van der Waals surface area contributed by atoms with Crippen molar-refractivity contribution in [1.29, 1.82) is 0 Å². The molecule has 0 atom stereocenters. The molecule has 0 fully saturated rings. The average Bonchev–Trinajstić information content (AvgIpc) is 2.68. The second-order valence-corrected chi connectivity index (χ2v) is 3.79. The van der Waals surface area contributed by atoms with Crippen LogP contribution in [0.5, 0.6) is 0 Å². The summed E-state index contributed by atoms with van der Waals surface area (Å²) < 4.78 is 0. The Balaban J connectivity index is 2.00. The molecular formula is C14H10N2O. The van der Waals surface area contributed by atoms with Gasteiger partial charge in [-0.3, -0.25) is 9.69 Å². The monoisotopic (exact) mass is 222 g/mol. The molecule has 0 unspecified atom stereocenters. The highest BCUT2D eigenvalue weighted by Crippen LogP contribution is 2.22. The molecule has 0 spiro atoms. The van der Waals surface area contributed by atoms with Gasteiger partial charge in [0, 0.05) is 6.20 Å². The SMILES string of the molecule is O=C1N=C2C=CC=CN2/C1=C/c1ccccc1. The van der Waals surface area contributed by atoms with E-state index in [9.17, 15) is 4.79 Å². The second kappa shape index (κ2) is 3.87. The quantitative estimate of drug-likeness (QED) is 0.683. The summed E-state index contributed by atoms with van der Waals surface area (Å²) in [6.07, 6.45) is 9.27. The zero-order chi connectivity index (χ0) is 11.7. The Morgan fingerprint density at radius 2 is 1.94 bits per heavy atom. The molecule has 1 amide bonds. The number of amidine groups is 1. The van der Waals surface area contributed by atoms with Crippen molar-refractivity contribution in [3.63, 3.8) is 0 Å². The Bertz CT molecular complexity index is 579. The van der Waals surface area contributed by atoms with Gasteiger partial charge in [-0.1, -0.05) is 36.4 Å². The molecule has 2 aliphatic heterocycles. The molecule has 0 saturated carbocycles. The Hall–Kier alpha value is -2.42. The van der Waals surface area contributed by atoms with E-state index in [1.54, 1.807) is 4.90 Å². The summed E-state index contributed by atoms with van der Waals surface area (Å²) in [6, 6.07) is 9.76. The Morgan fingerprint density at radius 3 is 2.76 bits per heavy atom. The second-order valence-electron chi connectivity index (χ2n) is 3.79. The molecule has 3 rings (SSSR count). The first-order valence-corrected chi connectivity index (χ1v) is 5.38. The third kappa shape index (κ3) is 1.72. The van der Waals surface area contributed by atoms with Crippen LogP contribution in [0.3, 0.4) is 0 Å². The van der Waals surface area contributed by atoms with E-state index in [0.717, 1.165) is 5.56 Å². The van der Waals surface area contributed by atoms with Gasteiger partial charge in [-0.05, 0) is 23.8 Å². The van der Waals surface area contributed by atoms with Crippen LogP contribution in [-0.4, -0.2) is 16.6 Å². The number of benzene rings is 1. The lowest BCUT2D eigenvalue weighted by Gasteiger charge is -2.16. The van der Waals surface area contributed by atoms with Crippen LogP contribution >= 0.6 is 0 Å². The zero-order valence-corrected chi connectivity index (χ0v) is 9.08. The van der Waals surface area contributed by atoms with Gasteiger partial charge >= 0.3 is 0 Å². The van der Waals surface area contributed by atoms with Crippen LogP contribution in [0.1, 0.15) is 5.56 Å². The summed E-state index contributed by atoms with van der Waals surface area (Å²) in [5, 5.41) is 0. The summed E-state index contributed by atoms with van der Waals surface area (Å²) in [6.45, 7) is 0. The van der Waals surface area contributed by atoms with E-state index in [0.29, 0.717) is 11.5 Å². The first-order valence-electron chi connectivity index (χ1n) is 5.38.